The van der Waals surface area contributed by atoms with E-state index in [1.165, 1.54) is 0 Å². The molecular weight excluding hydrogens is 162 g/mol. The molecule has 1 atom stereocenters. The monoisotopic (exact) mass is 167 g/mol. The smallest absolute Gasteiger partial charge is 0.111 e. The highest BCUT2D eigenvalue weighted by atomic mass is 32.2. The van der Waals surface area contributed by atoms with Crippen LogP contribution in [0.5, 0.6) is 0 Å². The van der Waals surface area contributed by atoms with Gasteiger partial charge in [-0.05, 0) is 0 Å². The highest BCUT2D eigenvalue weighted by molar-refractivity contribution is 7.86. The van der Waals surface area contributed by atoms with Crippen LogP contribution in [0.25, 0.3) is 0 Å². The Labute approximate surface area is 57.4 Å². The molecular formula is C3H5NO5S-2. The van der Waals surface area contributed by atoms with Gasteiger partial charge in [0.25, 0.3) is 0 Å². The molecule has 0 aromatic heterocycles. The van der Waals surface area contributed by atoms with Crippen molar-refractivity contribution in [2.24, 2.45) is 5.73 Å². The first kappa shape index (κ1) is 9.34. The average molecular weight is 167 g/mol. The summed E-state index contributed by atoms with van der Waals surface area (Å²) in [5.74, 6) is -1.66. The third-order valence-electron chi connectivity index (χ3n) is 0.739. The van der Waals surface area contributed by atoms with Crippen LogP contribution in [0, 0.1) is 0 Å². The van der Waals surface area contributed by atoms with Crippen LogP contribution in [0.1, 0.15) is 6.42 Å². The lowest BCUT2D eigenvalue weighted by Crippen LogP contribution is -2.37. The second-order valence-electron chi connectivity index (χ2n) is 1.61. The van der Waals surface area contributed by atoms with Gasteiger partial charge in [0, 0.05) is 12.4 Å². The lowest BCUT2D eigenvalue weighted by molar-refractivity contribution is -0.305. The molecule has 1 unspecified atom stereocenters. The quantitative estimate of drug-likeness (QED) is 0.445. The summed E-state index contributed by atoms with van der Waals surface area (Å²) in [6.07, 6.45) is -0.966. The van der Waals surface area contributed by atoms with Gasteiger partial charge in [-0.2, -0.15) is 0 Å². The van der Waals surface area contributed by atoms with E-state index >= 15 is 0 Å². The van der Waals surface area contributed by atoms with E-state index in [9.17, 15) is 22.9 Å². The molecule has 0 aromatic carbocycles. The predicted octanol–water partition coefficient (Wildman–Crippen LogP) is -3.04. The lowest BCUT2D eigenvalue weighted by atomic mass is 10.4. The van der Waals surface area contributed by atoms with Crippen LogP contribution in [0.3, 0.4) is 0 Å². The molecule has 0 aliphatic heterocycles. The number of hydrogen-bond acceptors (Lipinski definition) is 6. The van der Waals surface area contributed by atoms with Crippen molar-refractivity contribution in [3.05, 3.63) is 0 Å². The van der Waals surface area contributed by atoms with E-state index < -0.39 is 27.9 Å². The van der Waals surface area contributed by atoms with Crippen molar-refractivity contribution in [3.63, 3.8) is 0 Å². The van der Waals surface area contributed by atoms with Gasteiger partial charge in [0.1, 0.15) is 15.5 Å². The Bertz CT molecular complexity index is 219. The fourth-order valence-corrected chi connectivity index (χ4v) is 0.607. The van der Waals surface area contributed by atoms with E-state index in [2.05, 4.69) is 5.73 Å². The van der Waals surface area contributed by atoms with Gasteiger partial charge in [-0.3, -0.25) is 0 Å². The second-order valence-corrected chi connectivity index (χ2v) is 3.20. The van der Waals surface area contributed by atoms with Gasteiger partial charge in [0.15, 0.2) is 0 Å². The van der Waals surface area contributed by atoms with E-state index in [0.29, 0.717) is 0 Å². The van der Waals surface area contributed by atoms with Gasteiger partial charge >= 0.3 is 0 Å². The summed E-state index contributed by atoms with van der Waals surface area (Å²) < 4.78 is 29.7. The van der Waals surface area contributed by atoms with Crippen LogP contribution in [0.2, 0.25) is 0 Å². The SMILES string of the molecule is NC(CC(=O)[O-])S(=O)(=O)[O-]. The summed E-state index contributed by atoms with van der Waals surface area (Å²) in [5, 5.41) is 7.76. The molecule has 0 aliphatic rings. The Kier molecular flexibility index (Phi) is 2.76. The van der Waals surface area contributed by atoms with Crippen LogP contribution in [0.4, 0.5) is 0 Å². The van der Waals surface area contributed by atoms with Crippen LogP contribution in [-0.2, 0) is 14.9 Å². The Morgan fingerprint density at radius 3 is 2.10 bits per heavy atom. The molecule has 7 heteroatoms. The molecule has 60 valence electrons. The van der Waals surface area contributed by atoms with E-state index in [0.717, 1.165) is 0 Å². The highest BCUT2D eigenvalue weighted by Crippen LogP contribution is 1.93. The second kappa shape index (κ2) is 2.95. The molecule has 0 radical (unpaired) electrons. The van der Waals surface area contributed by atoms with Gasteiger partial charge in [0.2, 0.25) is 0 Å². The lowest BCUT2D eigenvalue weighted by Gasteiger charge is -2.15. The molecule has 0 heterocycles. The largest absolute Gasteiger partial charge is 0.747 e. The number of carbonyl (C=O) groups is 1. The number of carbonyl (C=O) groups excluding carboxylic acids is 1. The first-order valence-corrected chi connectivity index (χ1v) is 3.71. The van der Waals surface area contributed by atoms with E-state index in [1.807, 2.05) is 0 Å². The summed E-state index contributed by atoms with van der Waals surface area (Å²) >= 11 is 0. The van der Waals surface area contributed by atoms with Crippen LogP contribution in [0.15, 0.2) is 0 Å². The number of nitrogens with two attached hydrogens (primary N) is 1. The molecule has 0 saturated heterocycles. The number of carboxylic acids is 1. The zero-order valence-corrected chi connectivity index (χ0v) is 5.63. The standard InChI is InChI=1S/C3H7NO5S/c4-2(1-3(5)6)10(7,8)9/h2H,1,4H2,(H,5,6)(H,7,8,9)/p-2. The molecule has 0 saturated carbocycles. The Morgan fingerprint density at radius 1 is 1.60 bits per heavy atom. The van der Waals surface area contributed by atoms with Crippen LogP contribution >= 0.6 is 0 Å². The normalized spacial score (nSPS) is 14.6. The summed E-state index contributed by atoms with van der Waals surface area (Å²) in [6, 6.07) is 0. The van der Waals surface area contributed by atoms with Crippen LogP contribution in [-0.4, -0.2) is 24.3 Å². The van der Waals surface area contributed by atoms with Crippen molar-refractivity contribution in [2.45, 2.75) is 11.8 Å². The Morgan fingerprint density at radius 2 is 2.00 bits per heavy atom. The minimum atomic E-state index is -4.69. The topological polar surface area (TPSA) is 123 Å². The predicted molar refractivity (Wildman–Crippen MR) is 27.3 cm³/mol. The van der Waals surface area contributed by atoms with Crippen LogP contribution < -0.4 is 10.8 Å². The maximum atomic E-state index is 9.90. The zero-order chi connectivity index (χ0) is 8.36. The molecule has 2 N–H and O–H groups in total. The first-order chi connectivity index (χ1) is 4.34. The number of hydrogen-bond donors (Lipinski definition) is 1. The van der Waals surface area contributed by atoms with Gasteiger partial charge in [-0.25, -0.2) is 8.42 Å². The summed E-state index contributed by atoms with van der Waals surface area (Å²) in [4.78, 5) is 9.66. The van der Waals surface area contributed by atoms with E-state index in [-0.39, 0.29) is 0 Å². The maximum absolute atomic E-state index is 9.90. The van der Waals surface area contributed by atoms with Gasteiger partial charge in [0.05, 0.1) is 0 Å². The molecule has 0 amide bonds. The summed E-state index contributed by atoms with van der Waals surface area (Å²) in [7, 11) is -4.69. The first-order valence-electron chi connectivity index (χ1n) is 2.24. The maximum Gasteiger partial charge on any atom is 0.111 e. The van der Waals surface area contributed by atoms with Crippen molar-refractivity contribution in [2.75, 3.05) is 0 Å². The molecule has 0 spiro atoms. The Balaban J connectivity index is 4.12. The van der Waals surface area contributed by atoms with E-state index in [1.54, 1.807) is 0 Å². The number of rotatable bonds is 3. The third kappa shape index (κ3) is 3.38. The van der Waals surface area contributed by atoms with Crippen molar-refractivity contribution >= 4 is 16.1 Å². The Hall–Kier alpha value is -0.660. The summed E-state index contributed by atoms with van der Waals surface area (Å²) in [6.45, 7) is 0. The molecule has 0 aliphatic carbocycles. The molecule has 0 aromatic rings. The molecule has 0 fully saturated rings. The minimum absolute atomic E-state index is 0.966. The molecule has 0 bridgehead atoms. The van der Waals surface area contributed by atoms with Gasteiger partial charge in [-0.15, -0.1) is 0 Å². The van der Waals surface area contributed by atoms with Crippen molar-refractivity contribution in [3.8, 4) is 0 Å². The van der Waals surface area contributed by atoms with Crippen molar-refractivity contribution < 1.29 is 22.9 Å². The third-order valence-corrected chi connectivity index (χ3v) is 1.65. The molecule has 6 nitrogen and oxygen atoms in total. The number of carboxylic acid groups (broad SMARTS) is 1. The average Bonchev–Trinajstić information content (AvgIpc) is 1.60. The van der Waals surface area contributed by atoms with Crippen molar-refractivity contribution in [1.82, 2.24) is 0 Å². The fraction of sp³-hybridized carbons (Fsp3) is 0.667. The van der Waals surface area contributed by atoms with Gasteiger partial charge in [-0.1, -0.05) is 0 Å². The van der Waals surface area contributed by atoms with Crippen molar-refractivity contribution in [1.29, 1.82) is 0 Å². The molecule has 0 rings (SSSR count). The molecule has 10 heavy (non-hydrogen) atoms. The van der Waals surface area contributed by atoms with E-state index in [4.69, 9.17) is 0 Å². The highest BCUT2D eigenvalue weighted by Gasteiger charge is 2.09. The summed E-state index contributed by atoms with van der Waals surface area (Å²) in [5.41, 5.74) is 4.63. The minimum Gasteiger partial charge on any atom is -0.747 e. The number of aliphatic carboxylic acids is 1. The zero-order valence-electron chi connectivity index (χ0n) is 4.81. The van der Waals surface area contributed by atoms with Gasteiger partial charge < -0.3 is 20.2 Å². The fourth-order valence-electron chi connectivity index (χ4n) is 0.266.